The van der Waals surface area contributed by atoms with E-state index in [4.69, 9.17) is 9.47 Å². The van der Waals surface area contributed by atoms with E-state index in [1.165, 1.54) is 30.4 Å². The van der Waals surface area contributed by atoms with Gasteiger partial charge in [-0.25, -0.2) is 0 Å². The maximum Gasteiger partial charge on any atom is 0.0587 e. The molecule has 2 unspecified atom stereocenters. The number of fused-ring (bicyclic) bond motifs is 1. The fraction of sp³-hybridized carbons (Fsp3) is 0.667. The van der Waals surface area contributed by atoms with Crippen LogP contribution < -0.4 is 5.32 Å². The third-order valence-electron chi connectivity index (χ3n) is 4.72. The summed E-state index contributed by atoms with van der Waals surface area (Å²) in [5, 5.41) is 3.59. The van der Waals surface area contributed by atoms with Crippen LogP contribution in [-0.2, 0) is 21.3 Å². The number of benzene rings is 1. The number of hydrogen-bond donors (Lipinski definition) is 1. The highest BCUT2D eigenvalue weighted by Crippen LogP contribution is 2.40. The molecule has 1 aromatic rings. The standard InChI is InChI=1S/C18H29NO2/c1-15(21-3)13-18(14-19-11-12-20-2)10-6-8-16-7-4-5-9-17(16)18/h4-5,7,9,15,19H,6,8,10-14H2,1-3H3. The Labute approximate surface area is 129 Å². The van der Waals surface area contributed by atoms with Gasteiger partial charge in [0.1, 0.15) is 0 Å². The van der Waals surface area contributed by atoms with Crippen LogP contribution in [0.4, 0.5) is 0 Å². The molecule has 2 rings (SSSR count). The minimum absolute atomic E-state index is 0.192. The summed E-state index contributed by atoms with van der Waals surface area (Å²) in [6.45, 7) is 4.84. The number of nitrogens with one attached hydrogen (secondary N) is 1. The van der Waals surface area contributed by atoms with Crippen LogP contribution in [0.25, 0.3) is 0 Å². The Bertz CT molecular complexity index is 435. The molecule has 3 nitrogen and oxygen atoms in total. The zero-order chi connectivity index (χ0) is 15.1. The Kier molecular flexibility index (Phi) is 6.22. The molecule has 1 aliphatic rings. The van der Waals surface area contributed by atoms with Gasteiger partial charge in [0.05, 0.1) is 12.7 Å². The van der Waals surface area contributed by atoms with Gasteiger partial charge in [0.2, 0.25) is 0 Å². The molecule has 1 aromatic carbocycles. The average Bonchev–Trinajstić information content (AvgIpc) is 2.52. The molecule has 0 amide bonds. The number of hydrogen-bond acceptors (Lipinski definition) is 3. The molecule has 0 radical (unpaired) electrons. The fourth-order valence-corrected chi connectivity index (χ4v) is 3.61. The first-order chi connectivity index (χ1) is 10.2. The third-order valence-corrected chi connectivity index (χ3v) is 4.72. The van der Waals surface area contributed by atoms with Crippen LogP contribution in [0, 0.1) is 0 Å². The molecule has 0 bridgehead atoms. The van der Waals surface area contributed by atoms with Gasteiger partial charge in [0, 0.05) is 32.7 Å². The van der Waals surface area contributed by atoms with Crippen LogP contribution in [0.2, 0.25) is 0 Å². The molecule has 0 heterocycles. The minimum Gasteiger partial charge on any atom is -0.383 e. The Balaban J connectivity index is 2.20. The first kappa shape index (κ1) is 16.5. The largest absolute Gasteiger partial charge is 0.383 e. The van der Waals surface area contributed by atoms with Crippen LogP contribution in [0.15, 0.2) is 24.3 Å². The second kappa shape index (κ2) is 7.92. The second-order valence-corrected chi connectivity index (χ2v) is 6.21. The third kappa shape index (κ3) is 4.06. The van der Waals surface area contributed by atoms with Gasteiger partial charge in [-0.1, -0.05) is 24.3 Å². The fourth-order valence-electron chi connectivity index (χ4n) is 3.61. The van der Waals surface area contributed by atoms with Crippen LogP contribution in [0.3, 0.4) is 0 Å². The smallest absolute Gasteiger partial charge is 0.0587 e. The van der Waals surface area contributed by atoms with E-state index in [2.05, 4.69) is 36.5 Å². The van der Waals surface area contributed by atoms with Crippen molar-refractivity contribution in [1.29, 1.82) is 0 Å². The quantitative estimate of drug-likeness (QED) is 0.747. The maximum atomic E-state index is 5.57. The van der Waals surface area contributed by atoms with E-state index in [0.717, 1.165) is 26.1 Å². The van der Waals surface area contributed by atoms with Crippen molar-refractivity contribution < 1.29 is 9.47 Å². The number of ether oxygens (including phenoxy) is 2. The monoisotopic (exact) mass is 291 g/mol. The van der Waals surface area contributed by atoms with E-state index >= 15 is 0 Å². The highest BCUT2D eigenvalue weighted by atomic mass is 16.5. The summed E-state index contributed by atoms with van der Waals surface area (Å²) in [5.74, 6) is 0. The molecule has 0 aliphatic heterocycles. The second-order valence-electron chi connectivity index (χ2n) is 6.21. The van der Waals surface area contributed by atoms with Crippen LogP contribution in [-0.4, -0.2) is 40.0 Å². The zero-order valence-electron chi connectivity index (χ0n) is 13.7. The lowest BCUT2D eigenvalue weighted by atomic mass is 9.67. The molecule has 3 heteroatoms. The number of aryl methyl sites for hydroxylation is 1. The lowest BCUT2D eigenvalue weighted by molar-refractivity contribution is 0.0807. The van der Waals surface area contributed by atoms with Crippen molar-refractivity contribution in [2.75, 3.05) is 33.9 Å². The molecule has 118 valence electrons. The van der Waals surface area contributed by atoms with Crippen LogP contribution >= 0.6 is 0 Å². The van der Waals surface area contributed by atoms with E-state index in [0.29, 0.717) is 0 Å². The average molecular weight is 291 g/mol. The van der Waals surface area contributed by atoms with Crippen molar-refractivity contribution in [3.8, 4) is 0 Å². The Morgan fingerprint density at radius 3 is 2.86 bits per heavy atom. The molecule has 1 N–H and O–H groups in total. The van der Waals surface area contributed by atoms with Gasteiger partial charge in [-0.05, 0) is 43.7 Å². The summed E-state index contributed by atoms with van der Waals surface area (Å²) in [6, 6.07) is 8.93. The van der Waals surface area contributed by atoms with E-state index in [-0.39, 0.29) is 11.5 Å². The van der Waals surface area contributed by atoms with Gasteiger partial charge in [0.15, 0.2) is 0 Å². The summed E-state index contributed by atoms with van der Waals surface area (Å²) < 4.78 is 10.7. The van der Waals surface area contributed by atoms with Crippen molar-refractivity contribution in [2.24, 2.45) is 0 Å². The summed E-state index contributed by atoms with van der Waals surface area (Å²) in [5.41, 5.74) is 3.23. The molecule has 0 aromatic heterocycles. The van der Waals surface area contributed by atoms with Gasteiger partial charge in [-0.3, -0.25) is 0 Å². The normalized spacial score (nSPS) is 22.8. The number of methoxy groups -OCH3 is 2. The van der Waals surface area contributed by atoms with E-state index in [9.17, 15) is 0 Å². The van der Waals surface area contributed by atoms with Crippen LogP contribution in [0.5, 0.6) is 0 Å². The lowest BCUT2D eigenvalue weighted by Gasteiger charge is -2.41. The summed E-state index contributed by atoms with van der Waals surface area (Å²) in [7, 11) is 3.56. The van der Waals surface area contributed by atoms with Crippen molar-refractivity contribution in [3.05, 3.63) is 35.4 Å². The molecule has 0 saturated carbocycles. The van der Waals surface area contributed by atoms with Gasteiger partial charge in [-0.15, -0.1) is 0 Å². The van der Waals surface area contributed by atoms with Gasteiger partial charge < -0.3 is 14.8 Å². The SMILES string of the molecule is COCCNCC1(CC(C)OC)CCCc2ccccc21. The van der Waals surface area contributed by atoms with Crippen LogP contribution in [0.1, 0.15) is 37.3 Å². The molecule has 0 fully saturated rings. The van der Waals surface area contributed by atoms with Crippen molar-refractivity contribution in [1.82, 2.24) is 5.32 Å². The van der Waals surface area contributed by atoms with Crippen molar-refractivity contribution in [2.45, 2.75) is 44.1 Å². The zero-order valence-corrected chi connectivity index (χ0v) is 13.7. The molecule has 2 atom stereocenters. The van der Waals surface area contributed by atoms with Gasteiger partial charge in [-0.2, -0.15) is 0 Å². The highest BCUT2D eigenvalue weighted by molar-refractivity contribution is 5.37. The predicted molar refractivity (Wildman–Crippen MR) is 86.9 cm³/mol. The molecule has 21 heavy (non-hydrogen) atoms. The molecule has 1 aliphatic carbocycles. The lowest BCUT2D eigenvalue weighted by Crippen LogP contribution is -2.44. The summed E-state index contributed by atoms with van der Waals surface area (Å²) in [6.07, 6.45) is 5.05. The van der Waals surface area contributed by atoms with E-state index in [1.807, 2.05) is 7.11 Å². The topological polar surface area (TPSA) is 30.5 Å². The Morgan fingerprint density at radius 2 is 2.10 bits per heavy atom. The molecule has 0 saturated heterocycles. The van der Waals surface area contributed by atoms with Gasteiger partial charge >= 0.3 is 0 Å². The molecule has 0 spiro atoms. The van der Waals surface area contributed by atoms with E-state index in [1.54, 1.807) is 7.11 Å². The molecular formula is C18H29NO2. The highest BCUT2D eigenvalue weighted by Gasteiger charge is 2.37. The minimum atomic E-state index is 0.192. The predicted octanol–water partition coefficient (Wildman–Crippen LogP) is 2.92. The molecular weight excluding hydrogens is 262 g/mol. The Morgan fingerprint density at radius 1 is 1.29 bits per heavy atom. The maximum absolute atomic E-state index is 5.57. The van der Waals surface area contributed by atoms with Crippen molar-refractivity contribution in [3.63, 3.8) is 0 Å². The first-order valence-corrected chi connectivity index (χ1v) is 8.03. The summed E-state index contributed by atoms with van der Waals surface area (Å²) in [4.78, 5) is 0. The van der Waals surface area contributed by atoms with Gasteiger partial charge in [0.25, 0.3) is 0 Å². The van der Waals surface area contributed by atoms with Crippen molar-refractivity contribution >= 4 is 0 Å². The Hall–Kier alpha value is -0.900. The summed E-state index contributed by atoms with van der Waals surface area (Å²) >= 11 is 0. The first-order valence-electron chi connectivity index (χ1n) is 8.03. The number of rotatable bonds is 8. The van der Waals surface area contributed by atoms with E-state index < -0.39 is 0 Å².